The SMILES string of the molecule is CC1CCC(NC(=O)COC(=O)CCCc2nc3ccccc3s2)CC1. The van der Waals surface area contributed by atoms with Gasteiger partial charge in [-0.15, -0.1) is 11.3 Å². The fraction of sp³-hybridized carbons (Fsp3) is 0.550. The van der Waals surface area contributed by atoms with Gasteiger partial charge in [-0.05, 0) is 56.6 Å². The molecule has 0 atom stereocenters. The van der Waals surface area contributed by atoms with Gasteiger partial charge in [-0.3, -0.25) is 9.59 Å². The lowest BCUT2D eigenvalue weighted by Crippen LogP contribution is -2.39. The normalized spacial score (nSPS) is 20.0. The van der Waals surface area contributed by atoms with Crippen LogP contribution in [0, 0.1) is 5.92 Å². The number of para-hydroxylation sites is 1. The van der Waals surface area contributed by atoms with Crippen LogP contribution in [0.2, 0.25) is 0 Å². The Hall–Kier alpha value is -1.95. The molecule has 1 fully saturated rings. The molecule has 0 saturated heterocycles. The van der Waals surface area contributed by atoms with Crippen LogP contribution in [0.25, 0.3) is 10.2 Å². The zero-order chi connectivity index (χ0) is 18.4. The van der Waals surface area contributed by atoms with E-state index in [1.807, 2.05) is 18.2 Å². The fourth-order valence-electron chi connectivity index (χ4n) is 3.30. The molecular weight excluding hydrogens is 348 g/mol. The number of hydrogen-bond acceptors (Lipinski definition) is 5. The van der Waals surface area contributed by atoms with Crippen LogP contribution >= 0.6 is 11.3 Å². The van der Waals surface area contributed by atoms with Crippen molar-refractivity contribution in [3.05, 3.63) is 29.3 Å². The molecule has 0 radical (unpaired) electrons. The molecule has 0 aliphatic heterocycles. The van der Waals surface area contributed by atoms with Crippen molar-refractivity contribution in [1.29, 1.82) is 0 Å². The van der Waals surface area contributed by atoms with Gasteiger partial charge in [0.2, 0.25) is 0 Å². The molecule has 1 N–H and O–H groups in total. The van der Waals surface area contributed by atoms with Crippen molar-refractivity contribution < 1.29 is 14.3 Å². The van der Waals surface area contributed by atoms with Crippen molar-refractivity contribution in [3.63, 3.8) is 0 Å². The summed E-state index contributed by atoms with van der Waals surface area (Å²) in [5.41, 5.74) is 1.00. The first-order valence-corrected chi connectivity index (χ1v) is 10.2. The summed E-state index contributed by atoms with van der Waals surface area (Å²) in [6, 6.07) is 8.25. The van der Waals surface area contributed by atoms with Gasteiger partial charge in [-0.25, -0.2) is 4.98 Å². The van der Waals surface area contributed by atoms with Crippen LogP contribution in [0.5, 0.6) is 0 Å². The highest BCUT2D eigenvalue weighted by molar-refractivity contribution is 7.18. The number of nitrogens with one attached hydrogen (secondary N) is 1. The smallest absolute Gasteiger partial charge is 0.306 e. The Balaban J connectivity index is 1.32. The third-order valence-corrected chi connectivity index (χ3v) is 5.95. The molecule has 0 unspecified atom stereocenters. The molecule has 140 valence electrons. The van der Waals surface area contributed by atoms with Crippen molar-refractivity contribution in [1.82, 2.24) is 10.3 Å². The number of thiazole rings is 1. The molecule has 1 aliphatic rings. The van der Waals surface area contributed by atoms with E-state index in [-0.39, 0.29) is 24.5 Å². The van der Waals surface area contributed by atoms with Gasteiger partial charge in [0.25, 0.3) is 5.91 Å². The second-order valence-corrected chi connectivity index (χ2v) is 8.23. The second kappa shape index (κ2) is 9.12. The molecule has 0 spiro atoms. The molecule has 6 heteroatoms. The Kier molecular flexibility index (Phi) is 6.61. The molecule has 1 aliphatic carbocycles. The van der Waals surface area contributed by atoms with E-state index >= 15 is 0 Å². The number of ether oxygens (including phenoxy) is 1. The number of aryl methyl sites for hydroxylation is 1. The van der Waals surface area contributed by atoms with Gasteiger partial charge in [0.15, 0.2) is 6.61 Å². The minimum Gasteiger partial charge on any atom is -0.456 e. The van der Waals surface area contributed by atoms with E-state index in [0.29, 0.717) is 12.8 Å². The first-order chi connectivity index (χ1) is 12.6. The number of nitrogens with zero attached hydrogens (tertiary/aromatic N) is 1. The number of hydrogen-bond donors (Lipinski definition) is 1. The molecule has 1 heterocycles. The van der Waals surface area contributed by atoms with Crippen molar-refractivity contribution in [2.75, 3.05) is 6.61 Å². The van der Waals surface area contributed by atoms with Gasteiger partial charge in [-0.2, -0.15) is 0 Å². The summed E-state index contributed by atoms with van der Waals surface area (Å²) in [4.78, 5) is 28.3. The number of carbonyl (C=O) groups is 2. The summed E-state index contributed by atoms with van der Waals surface area (Å²) >= 11 is 1.66. The quantitative estimate of drug-likeness (QED) is 0.747. The zero-order valence-electron chi connectivity index (χ0n) is 15.2. The highest BCUT2D eigenvalue weighted by Gasteiger charge is 2.20. The zero-order valence-corrected chi connectivity index (χ0v) is 16.0. The Bertz CT molecular complexity index is 717. The van der Waals surface area contributed by atoms with Gasteiger partial charge in [-0.1, -0.05) is 19.1 Å². The van der Waals surface area contributed by atoms with Crippen molar-refractivity contribution >= 4 is 33.4 Å². The van der Waals surface area contributed by atoms with E-state index in [9.17, 15) is 9.59 Å². The second-order valence-electron chi connectivity index (χ2n) is 7.11. The summed E-state index contributed by atoms with van der Waals surface area (Å²) in [5.74, 6) is 0.235. The number of fused-ring (bicyclic) bond motifs is 1. The monoisotopic (exact) mass is 374 g/mol. The largest absolute Gasteiger partial charge is 0.456 e. The van der Waals surface area contributed by atoms with Gasteiger partial charge in [0, 0.05) is 12.5 Å². The maximum absolute atomic E-state index is 11.9. The maximum Gasteiger partial charge on any atom is 0.306 e. The van der Waals surface area contributed by atoms with Crippen LogP contribution in [0.1, 0.15) is 50.5 Å². The van der Waals surface area contributed by atoms with Gasteiger partial charge < -0.3 is 10.1 Å². The highest BCUT2D eigenvalue weighted by Crippen LogP contribution is 2.24. The van der Waals surface area contributed by atoms with E-state index < -0.39 is 0 Å². The fourth-order valence-corrected chi connectivity index (χ4v) is 4.31. The lowest BCUT2D eigenvalue weighted by Gasteiger charge is -2.26. The molecule has 3 rings (SSSR count). The van der Waals surface area contributed by atoms with Gasteiger partial charge >= 0.3 is 5.97 Å². The first kappa shape index (κ1) is 18.8. The maximum atomic E-state index is 11.9. The van der Waals surface area contributed by atoms with E-state index in [4.69, 9.17) is 4.74 Å². The first-order valence-electron chi connectivity index (χ1n) is 9.39. The van der Waals surface area contributed by atoms with E-state index in [1.165, 1.54) is 4.70 Å². The predicted molar refractivity (Wildman–Crippen MR) is 103 cm³/mol. The topological polar surface area (TPSA) is 68.3 Å². The average Bonchev–Trinajstić information content (AvgIpc) is 3.05. The number of esters is 1. The Morgan fingerprint density at radius 1 is 1.23 bits per heavy atom. The Morgan fingerprint density at radius 2 is 2.00 bits per heavy atom. The molecule has 5 nitrogen and oxygen atoms in total. The number of aromatic nitrogens is 1. The van der Waals surface area contributed by atoms with E-state index in [1.54, 1.807) is 11.3 Å². The lowest BCUT2D eigenvalue weighted by molar-refractivity contribution is -0.148. The minimum atomic E-state index is -0.321. The molecule has 1 saturated carbocycles. The summed E-state index contributed by atoms with van der Waals surface area (Å²) in [5, 5.41) is 4.00. The molecule has 2 aromatic rings. The summed E-state index contributed by atoms with van der Waals surface area (Å²) in [6.45, 7) is 2.07. The van der Waals surface area contributed by atoms with Crippen LogP contribution in [0.4, 0.5) is 0 Å². The van der Waals surface area contributed by atoms with Gasteiger partial charge in [0.1, 0.15) is 0 Å². The third kappa shape index (κ3) is 5.53. The standard InChI is InChI=1S/C20H26N2O3S/c1-14-9-11-15(12-10-14)21-18(23)13-25-20(24)8-4-7-19-22-16-5-2-3-6-17(16)26-19/h2-3,5-6,14-15H,4,7-13H2,1H3,(H,21,23). The number of carbonyl (C=O) groups excluding carboxylic acids is 2. The number of rotatable bonds is 7. The van der Waals surface area contributed by atoms with Crippen molar-refractivity contribution in [2.24, 2.45) is 5.92 Å². The molecule has 0 bridgehead atoms. The Labute approximate surface area is 158 Å². The molecule has 26 heavy (non-hydrogen) atoms. The van der Waals surface area contributed by atoms with Gasteiger partial charge in [0.05, 0.1) is 15.2 Å². The molecule has 1 aromatic carbocycles. The Morgan fingerprint density at radius 3 is 2.77 bits per heavy atom. The highest BCUT2D eigenvalue weighted by atomic mass is 32.1. The third-order valence-electron chi connectivity index (χ3n) is 4.85. The summed E-state index contributed by atoms with van der Waals surface area (Å²) < 4.78 is 6.26. The predicted octanol–water partition coefficient (Wildman–Crippen LogP) is 3.86. The summed E-state index contributed by atoms with van der Waals surface area (Å²) in [7, 11) is 0. The van der Waals surface area contributed by atoms with Crippen LogP contribution in [0.15, 0.2) is 24.3 Å². The molecule has 1 aromatic heterocycles. The lowest BCUT2D eigenvalue weighted by atomic mass is 9.87. The van der Waals surface area contributed by atoms with E-state index in [0.717, 1.165) is 48.5 Å². The van der Waals surface area contributed by atoms with E-state index in [2.05, 4.69) is 23.3 Å². The van der Waals surface area contributed by atoms with Crippen molar-refractivity contribution in [2.45, 2.75) is 57.9 Å². The van der Waals surface area contributed by atoms with Crippen LogP contribution in [-0.2, 0) is 20.7 Å². The average molecular weight is 375 g/mol. The van der Waals surface area contributed by atoms with Crippen LogP contribution in [0.3, 0.4) is 0 Å². The summed E-state index contributed by atoms with van der Waals surface area (Å²) in [6.07, 6.45) is 6.07. The van der Waals surface area contributed by atoms with Crippen LogP contribution in [-0.4, -0.2) is 29.5 Å². The van der Waals surface area contributed by atoms with Crippen LogP contribution < -0.4 is 5.32 Å². The molecular formula is C20H26N2O3S. The molecule has 1 amide bonds. The number of benzene rings is 1. The number of amides is 1. The van der Waals surface area contributed by atoms with Crippen molar-refractivity contribution in [3.8, 4) is 0 Å². The minimum absolute atomic E-state index is 0.175.